The molecule has 1 aliphatic heterocycles. The molecule has 0 saturated carbocycles. The Morgan fingerprint density at radius 3 is 2.77 bits per heavy atom. The van der Waals surface area contributed by atoms with E-state index in [9.17, 15) is 9.90 Å². The number of unbranched alkanes of at least 4 members (excludes halogenated alkanes) is 1. The Labute approximate surface area is 231 Å². The smallest absolute Gasteiger partial charge is 0.326 e. The lowest BCUT2D eigenvalue weighted by Gasteiger charge is -2.27. The van der Waals surface area contributed by atoms with E-state index >= 15 is 0 Å². The van der Waals surface area contributed by atoms with Gasteiger partial charge in [0.1, 0.15) is 17.7 Å². The molecule has 0 aliphatic carbocycles. The zero-order valence-corrected chi connectivity index (χ0v) is 23.1. The van der Waals surface area contributed by atoms with Gasteiger partial charge in [-0.2, -0.15) is 0 Å². The maximum absolute atomic E-state index is 12.1. The van der Waals surface area contributed by atoms with Gasteiger partial charge in [0, 0.05) is 38.6 Å². The molecule has 39 heavy (non-hydrogen) atoms. The van der Waals surface area contributed by atoms with E-state index in [1.54, 1.807) is 13.3 Å². The van der Waals surface area contributed by atoms with Gasteiger partial charge in [-0.1, -0.05) is 36.4 Å². The molecule has 3 aromatic rings. The zero-order valence-electron chi connectivity index (χ0n) is 23.1. The fourth-order valence-corrected chi connectivity index (χ4v) is 4.95. The molecule has 3 heterocycles. The van der Waals surface area contributed by atoms with Crippen molar-refractivity contribution < 1.29 is 14.6 Å². The summed E-state index contributed by atoms with van der Waals surface area (Å²) in [6.07, 6.45) is 7.48. The molecule has 2 atom stereocenters. The Balaban J connectivity index is 1.30. The number of aromatic nitrogens is 2. The quantitative estimate of drug-likeness (QED) is 0.233. The van der Waals surface area contributed by atoms with Crippen molar-refractivity contribution in [2.75, 3.05) is 43.9 Å². The van der Waals surface area contributed by atoms with Crippen LogP contribution in [0.1, 0.15) is 43.9 Å². The van der Waals surface area contributed by atoms with Gasteiger partial charge in [-0.05, 0) is 86.9 Å². The molecule has 0 bridgehead atoms. The number of hydrogen-bond acceptors (Lipinski definition) is 7. The van der Waals surface area contributed by atoms with Crippen LogP contribution in [0.5, 0.6) is 0 Å². The number of fused-ring (bicyclic) bond motifs is 1. The second-order valence-corrected chi connectivity index (χ2v) is 10.3. The fraction of sp³-hybridized carbons (Fsp3) is 0.452. The summed E-state index contributed by atoms with van der Waals surface area (Å²) in [6, 6.07) is 17.5. The van der Waals surface area contributed by atoms with Gasteiger partial charge < -0.3 is 25.4 Å². The molecule has 0 fully saturated rings. The van der Waals surface area contributed by atoms with Crippen LogP contribution in [0.25, 0.3) is 11.1 Å². The lowest BCUT2D eigenvalue weighted by molar-refractivity contribution is -0.138. The van der Waals surface area contributed by atoms with Crippen molar-refractivity contribution in [2.45, 2.75) is 57.6 Å². The van der Waals surface area contributed by atoms with Crippen molar-refractivity contribution in [3.05, 3.63) is 72.1 Å². The van der Waals surface area contributed by atoms with Gasteiger partial charge in [-0.25, -0.2) is 14.8 Å². The van der Waals surface area contributed by atoms with Gasteiger partial charge in [-0.15, -0.1) is 0 Å². The summed E-state index contributed by atoms with van der Waals surface area (Å²) < 4.78 is 5.51. The van der Waals surface area contributed by atoms with E-state index in [1.807, 2.05) is 49.4 Å². The highest BCUT2D eigenvalue weighted by atomic mass is 16.5. The molecule has 8 heteroatoms. The Bertz CT molecular complexity index is 1190. The molecule has 208 valence electrons. The van der Waals surface area contributed by atoms with Gasteiger partial charge in [0.15, 0.2) is 0 Å². The van der Waals surface area contributed by atoms with Gasteiger partial charge >= 0.3 is 5.97 Å². The van der Waals surface area contributed by atoms with Crippen LogP contribution in [-0.2, 0) is 22.4 Å². The lowest BCUT2D eigenvalue weighted by atomic mass is 10.1. The average molecular weight is 532 g/mol. The van der Waals surface area contributed by atoms with Crippen LogP contribution < -0.4 is 10.6 Å². The Hall–Kier alpha value is -3.49. The van der Waals surface area contributed by atoms with E-state index in [-0.39, 0.29) is 6.10 Å². The van der Waals surface area contributed by atoms with Crippen LogP contribution in [0.4, 0.5) is 11.6 Å². The molecule has 2 aromatic heterocycles. The minimum Gasteiger partial charge on any atom is -0.480 e. The molecular weight excluding hydrogens is 490 g/mol. The largest absolute Gasteiger partial charge is 0.480 e. The fourth-order valence-electron chi connectivity index (χ4n) is 4.95. The number of pyridine rings is 2. The van der Waals surface area contributed by atoms with Crippen molar-refractivity contribution in [1.29, 1.82) is 0 Å². The first kappa shape index (κ1) is 28.5. The Morgan fingerprint density at radius 1 is 1.13 bits per heavy atom. The summed E-state index contributed by atoms with van der Waals surface area (Å²) in [5, 5.41) is 16.5. The molecule has 0 saturated heterocycles. The number of methoxy groups -OCH3 is 1. The minimum absolute atomic E-state index is 0.0684. The molecule has 1 aromatic carbocycles. The van der Waals surface area contributed by atoms with E-state index in [1.165, 1.54) is 12.0 Å². The van der Waals surface area contributed by atoms with Crippen LogP contribution in [0.3, 0.4) is 0 Å². The number of carboxylic acid groups (broad SMARTS) is 1. The van der Waals surface area contributed by atoms with E-state index in [0.717, 1.165) is 68.0 Å². The average Bonchev–Trinajstić information content (AvgIpc) is 2.97. The number of aliphatic carboxylic acids is 1. The molecule has 0 unspecified atom stereocenters. The monoisotopic (exact) mass is 531 g/mol. The number of hydrogen-bond donors (Lipinski definition) is 3. The number of nitrogens with one attached hydrogen (secondary N) is 2. The first-order valence-corrected chi connectivity index (χ1v) is 14.0. The SMILES string of the molecule is CO[C@H](C)CN(CCCCc1ccc2c(n1)NCCC2)CC[C@H](Nc1cc(-c2ccccc2)ccn1)C(=O)O. The van der Waals surface area contributed by atoms with Crippen LogP contribution >= 0.6 is 0 Å². The number of benzene rings is 1. The molecular formula is C31H41N5O3. The highest BCUT2D eigenvalue weighted by molar-refractivity contribution is 5.77. The molecule has 0 radical (unpaired) electrons. The summed E-state index contributed by atoms with van der Waals surface area (Å²) in [7, 11) is 1.71. The third-order valence-electron chi connectivity index (χ3n) is 7.25. The van der Waals surface area contributed by atoms with Gasteiger partial charge in [0.05, 0.1) is 6.10 Å². The molecule has 3 N–H and O–H groups in total. The van der Waals surface area contributed by atoms with Crippen LogP contribution in [0.2, 0.25) is 0 Å². The maximum Gasteiger partial charge on any atom is 0.326 e. The summed E-state index contributed by atoms with van der Waals surface area (Å²) in [5.41, 5.74) is 4.50. The van der Waals surface area contributed by atoms with E-state index < -0.39 is 12.0 Å². The summed E-state index contributed by atoms with van der Waals surface area (Å²) in [5.74, 6) is 0.728. The number of aryl methyl sites for hydroxylation is 2. The Kier molecular flexibility index (Phi) is 10.7. The molecule has 1 aliphatic rings. The predicted octanol–water partition coefficient (Wildman–Crippen LogP) is 5.12. The first-order chi connectivity index (χ1) is 19.0. The summed E-state index contributed by atoms with van der Waals surface area (Å²) >= 11 is 0. The minimum atomic E-state index is -0.881. The number of rotatable bonds is 15. The second-order valence-electron chi connectivity index (χ2n) is 10.3. The van der Waals surface area contributed by atoms with Crippen molar-refractivity contribution >= 4 is 17.6 Å². The highest BCUT2D eigenvalue weighted by Crippen LogP contribution is 2.22. The summed E-state index contributed by atoms with van der Waals surface area (Å²) in [6.45, 7) is 5.33. The Morgan fingerprint density at radius 2 is 1.97 bits per heavy atom. The van der Waals surface area contributed by atoms with Gasteiger partial charge in [0.25, 0.3) is 0 Å². The van der Waals surface area contributed by atoms with Gasteiger partial charge in [0.2, 0.25) is 0 Å². The first-order valence-electron chi connectivity index (χ1n) is 14.0. The topological polar surface area (TPSA) is 99.6 Å². The molecule has 0 spiro atoms. The van der Waals surface area contributed by atoms with Crippen LogP contribution in [0.15, 0.2) is 60.8 Å². The van der Waals surface area contributed by atoms with E-state index in [4.69, 9.17) is 9.72 Å². The third-order valence-corrected chi connectivity index (χ3v) is 7.25. The lowest BCUT2D eigenvalue weighted by Crippen LogP contribution is -2.38. The van der Waals surface area contributed by atoms with Crippen LogP contribution in [-0.4, -0.2) is 71.4 Å². The third kappa shape index (κ3) is 8.76. The number of carboxylic acids is 1. The number of nitrogens with zero attached hydrogens (tertiary/aromatic N) is 3. The number of anilines is 2. The van der Waals surface area contributed by atoms with Gasteiger partial charge in [-0.3, -0.25) is 0 Å². The van der Waals surface area contributed by atoms with Crippen molar-refractivity contribution in [3.8, 4) is 11.1 Å². The van der Waals surface area contributed by atoms with E-state index in [2.05, 4.69) is 32.7 Å². The molecule has 4 rings (SSSR count). The van der Waals surface area contributed by atoms with Crippen molar-refractivity contribution in [2.24, 2.45) is 0 Å². The van der Waals surface area contributed by atoms with Crippen molar-refractivity contribution in [3.63, 3.8) is 0 Å². The maximum atomic E-state index is 12.1. The second kappa shape index (κ2) is 14.6. The number of ether oxygens (including phenoxy) is 1. The predicted molar refractivity (Wildman–Crippen MR) is 156 cm³/mol. The van der Waals surface area contributed by atoms with Crippen LogP contribution in [0, 0.1) is 0 Å². The zero-order chi connectivity index (χ0) is 27.5. The van der Waals surface area contributed by atoms with E-state index in [0.29, 0.717) is 18.8 Å². The molecule has 0 amide bonds. The molecule has 8 nitrogen and oxygen atoms in total. The standard InChI is InChI=1S/C31H41N5O3/c1-23(39-2)22-36(19-7-6-12-27-14-13-25-11-8-17-33-30(25)34-27)20-16-28(31(37)38)35-29-21-26(15-18-32-29)24-9-4-3-5-10-24/h3-5,9-10,13-15,18,21,23,28H,6-8,11-12,16-17,19-20,22H2,1-2H3,(H,32,35)(H,33,34)(H,37,38)/t23-,28+/m1/s1. The highest BCUT2D eigenvalue weighted by Gasteiger charge is 2.20. The number of carbonyl (C=O) groups is 1. The van der Waals surface area contributed by atoms with Crippen molar-refractivity contribution in [1.82, 2.24) is 14.9 Å². The summed E-state index contributed by atoms with van der Waals surface area (Å²) in [4.78, 5) is 23.6. The normalized spacial score (nSPS) is 14.3.